The number of carbonyl (C=O) groups is 2. The molecule has 1 atom stereocenters. The molecule has 3 aromatic carbocycles. The molecular weight excluding hydrogens is 466 g/mol. The molecule has 0 saturated heterocycles. The molecule has 6 nitrogen and oxygen atoms in total. The van der Waals surface area contributed by atoms with Crippen LogP contribution in [0.15, 0.2) is 66.7 Å². The Kier molecular flexibility index (Phi) is 7.03. The third kappa shape index (κ3) is 4.71. The fourth-order valence-corrected chi connectivity index (χ4v) is 4.53. The molecule has 0 aromatic heterocycles. The number of hydrogen-bond acceptors (Lipinski definition) is 5. The zero-order valence-electron chi connectivity index (χ0n) is 20.0. The molecule has 0 spiro atoms. The van der Waals surface area contributed by atoms with Crippen LogP contribution < -0.4 is 9.64 Å². The van der Waals surface area contributed by atoms with Gasteiger partial charge < -0.3 is 19.5 Å². The molecule has 1 aliphatic heterocycles. The Balaban J connectivity index is 1.87. The largest absolute Gasteiger partial charge is 0.504 e. The van der Waals surface area contributed by atoms with Crippen molar-refractivity contribution in [2.24, 2.45) is 5.92 Å². The standard InChI is InChI=1S/C28H28ClNO5/c1-18(2)14-15-30-23-13-12-21(29)16-22(23)28(27(30)33,35-26(32)19-8-5-4-6-9-19)17-20-10-7-11-24(34-3)25(20)31/h4-13,16,18,31H,14-15,17H2,1-3H3. The minimum Gasteiger partial charge on any atom is -0.504 e. The molecule has 1 aliphatic rings. The van der Waals surface area contributed by atoms with Crippen molar-refractivity contribution < 1.29 is 24.2 Å². The van der Waals surface area contributed by atoms with E-state index in [9.17, 15) is 14.7 Å². The van der Waals surface area contributed by atoms with Gasteiger partial charge in [0.15, 0.2) is 11.5 Å². The van der Waals surface area contributed by atoms with Crippen molar-refractivity contribution in [1.82, 2.24) is 0 Å². The van der Waals surface area contributed by atoms with Gasteiger partial charge in [-0.1, -0.05) is 55.8 Å². The molecule has 35 heavy (non-hydrogen) atoms. The van der Waals surface area contributed by atoms with Crippen LogP contribution in [0.4, 0.5) is 5.69 Å². The third-order valence-electron chi connectivity index (χ3n) is 6.22. The molecule has 7 heteroatoms. The van der Waals surface area contributed by atoms with Crippen molar-refractivity contribution >= 4 is 29.2 Å². The van der Waals surface area contributed by atoms with Crippen molar-refractivity contribution in [3.8, 4) is 11.5 Å². The molecule has 1 amide bonds. The van der Waals surface area contributed by atoms with Crippen LogP contribution >= 0.6 is 11.6 Å². The van der Waals surface area contributed by atoms with Crippen molar-refractivity contribution in [3.63, 3.8) is 0 Å². The lowest BCUT2D eigenvalue weighted by molar-refractivity contribution is -0.137. The molecule has 182 valence electrons. The summed E-state index contributed by atoms with van der Waals surface area (Å²) in [5.41, 5.74) is 0.149. The number of benzene rings is 3. The third-order valence-corrected chi connectivity index (χ3v) is 6.46. The van der Waals surface area contributed by atoms with Gasteiger partial charge in [-0.3, -0.25) is 4.79 Å². The Morgan fingerprint density at radius 2 is 1.83 bits per heavy atom. The van der Waals surface area contributed by atoms with Crippen LogP contribution in [0.2, 0.25) is 5.02 Å². The van der Waals surface area contributed by atoms with Gasteiger partial charge in [-0.25, -0.2) is 4.79 Å². The lowest BCUT2D eigenvalue weighted by atomic mass is 9.87. The first-order valence-corrected chi connectivity index (χ1v) is 11.9. The molecule has 0 bridgehead atoms. The molecule has 1 unspecified atom stereocenters. The van der Waals surface area contributed by atoms with Gasteiger partial charge in [0.2, 0.25) is 5.60 Å². The van der Waals surface area contributed by atoms with Crippen LogP contribution in [0.5, 0.6) is 11.5 Å². The number of carbonyl (C=O) groups excluding carboxylic acids is 2. The average Bonchev–Trinajstić information content (AvgIpc) is 3.06. The molecule has 0 saturated carbocycles. The fraction of sp³-hybridized carbons (Fsp3) is 0.286. The highest BCUT2D eigenvalue weighted by molar-refractivity contribution is 6.31. The topological polar surface area (TPSA) is 76.1 Å². The molecule has 1 heterocycles. The zero-order chi connectivity index (χ0) is 25.2. The molecule has 0 aliphatic carbocycles. The number of ether oxygens (including phenoxy) is 2. The second-order valence-corrected chi connectivity index (χ2v) is 9.46. The Morgan fingerprint density at radius 1 is 1.09 bits per heavy atom. The van der Waals surface area contributed by atoms with Crippen LogP contribution in [-0.2, 0) is 21.6 Å². The summed E-state index contributed by atoms with van der Waals surface area (Å²) in [6.07, 6.45) is 0.680. The number of hydrogen-bond donors (Lipinski definition) is 1. The first-order valence-electron chi connectivity index (χ1n) is 11.5. The highest BCUT2D eigenvalue weighted by Gasteiger charge is 2.54. The minimum atomic E-state index is -1.71. The first-order chi connectivity index (χ1) is 16.8. The van der Waals surface area contributed by atoms with Crippen LogP contribution in [0.3, 0.4) is 0 Å². The quantitative estimate of drug-likeness (QED) is 0.405. The van der Waals surface area contributed by atoms with Crippen molar-refractivity contribution in [2.75, 3.05) is 18.6 Å². The van der Waals surface area contributed by atoms with Crippen LogP contribution in [0.25, 0.3) is 0 Å². The van der Waals surface area contributed by atoms with Gasteiger partial charge >= 0.3 is 5.97 Å². The number of halogens is 1. The molecule has 3 aromatic rings. The summed E-state index contributed by atoms with van der Waals surface area (Å²) in [7, 11) is 1.45. The predicted molar refractivity (Wildman–Crippen MR) is 135 cm³/mol. The van der Waals surface area contributed by atoms with Gasteiger partial charge in [0.25, 0.3) is 5.91 Å². The molecule has 0 radical (unpaired) electrons. The molecule has 4 rings (SSSR count). The lowest BCUT2D eigenvalue weighted by Gasteiger charge is -2.29. The van der Waals surface area contributed by atoms with Crippen LogP contribution in [-0.4, -0.2) is 30.6 Å². The number of aromatic hydroxyl groups is 1. The number of methoxy groups -OCH3 is 1. The number of fused-ring (bicyclic) bond motifs is 1. The molecular formula is C28H28ClNO5. The van der Waals surface area contributed by atoms with Gasteiger partial charge in [0.05, 0.1) is 18.4 Å². The second kappa shape index (κ2) is 10.0. The van der Waals surface area contributed by atoms with Gasteiger partial charge in [-0.15, -0.1) is 0 Å². The number of nitrogens with zero attached hydrogens (tertiary/aromatic N) is 1. The number of phenolic OH excluding ortho intramolecular Hbond substituents is 1. The second-order valence-electron chi connectivity index (χ2n) is 9.03. The summed E-state index contributed by atoms with van der Waals surface area (Å²) in [4.78, 5) is 29.1. The highest BCUT2D eigenvalue weighted by atomic mass is 35.5. The summed E-state index contributed by atoms with van der Waals surface area (Å²) >= 11 is 6.37. The Bertz CT molecular complexity index is 1240. The summed E-state index contributed by atoms with van der Waals surface area (Å²) in [5.74, 6) is -0.495. The highest BCUT2D eigenvalue weighted by Crippen LogP contribution is 2.48. The van der Waals surface area contributed by atoms with E-state index in [-0.39, 0.29) is 23.8 Å². The zero-order valence-corrected chi connectivity index (χ0v) is 20.7. The number of anilines is 1. The number of para-hydroxylation sites is 1. The van der Waals surface area contributed by atoms with E-state index < -0.39 is 11.6 Å². The van der Waals surface area contributed by atoms with Crippen molar-refractivity contribution in [2.45, 2.75) is 32.3 Å². The SMILES string of the molecule is COc1cccc(CC2(OC(=O)c3ccccc3)C(=O)N(CCC(C)C)c3ccc(Cl)cc32)c1O. The smallest absolute Gasteiger partial charge is 0.339 e. The van der Waals surface area contributed by atoms with Crippen molar-refractivity contribution in [1.29, 1.82) is 0 Å². The number of rotatable bonds is 8. The van der Waals surface area contributed by atoms with Gasteiger partial charge in [0.1, 0.15) is 0 Å². The summed E-state index contributed by atoms with van der Waals surface area (Å²) in [6, 6.07) is 18.7. The van der Waals surface area contributed by atoms with E-state index in [4.69, 9.17) is 21.1 Å². The van der Waals surface area contributed by atoms with E-state index in [1.807, 2.05) is 0 Å². The molecule has 0 fully saturated rings. The number of esters is 1. The van der Waals surface area contributed by atoms with E-state index >= 15 is 0 Å². The van der Waals surface area contributed by atoms with E-state index in [0.717, 1.165) is 6.42 Å². The Hall–Kier alpha value is -3.51. The number of phenols is 1. The Labute approximate surface area is 210 Å². The van der Waals surface area contributed by atoms with E-state index in [2.05, 4.69) is 13.8 Å². The maximum absolute atomic E-state index is 14.1. The van der Waals surface area contributed by atoms with Gasteiger partial charge in [-0.2, -0.15) is 0 Å². The normalized spacial score (nSPS) is 16.9. The van der Waals surface area contributed by atoms with Crippen molar-refractivity contribution in [3.05, 3.63) is 88.4 Å². The summed E-state index contributed by atoms with van der Waals surface area (Å²) in [6.45, 7) is 4.63. The van der Waals surface area contributed by atoms with E-state index in [1.165, 1.54) is 7.11 Å². The van der Waals surface area contributed by atoms with Gasteiger partial charge in [-0.05, 0) is 48.7 Å². The predicted octanol–water partition coefficient (Wildman–Crippen LogP) is 5.74. The first kappa shape index (κ1) is 24.6. The monoisotopic (exact) mass is 493 g/mol. The summed E-state index contributed by atoms with van der Waals surface area (Å²) < 4.78 is 11.4. The summed E-state index contributed by atoms with van der Waals surface area (Å²) in [5, 5.41) is 11.2. The minimum absolute atomic E-state index is 0.0844. The molecule has 1 N–H and O–H groups in total. The Morgan fingerprint density at radius 3 is 2.51 bits per heavy atom. The fourth-order valence-electron chi connectivity index (χ4n) is 4.36. The average molecular weight is 494 g/mol. The maximum Gasteiger partial charge on any atom is 0.339 e. The van der Waals surface area contributed by atoms with E-state index in [0.29, 0.717) is 39.9 Å². The van der Waals surface area contributed by atoms with Gasteiger partial charge in [0, 0.05) is 29.1 Å². The maximum atomic E-state index is 14.1. The lowest BCUT2D eigenvalue weighted by Crippen LogP contribution is -2.46. The van der Waals surface area contributed by atoms with Crippen LogP contribution in [0, 0.1) is 5.92 Å². The number of amides is 1. The van der Waals surface area contributed by atoms with Crippen LogP contribution in [0.1, 0.15) is 41.8 Å². The van der Waals surface area contributed by atoms with E-state index in [1.54, 1.807) is 71.6 Å².